The summed E-state index contributed by atoms with van der Waals surface area (Å²) >= 11 is 0. The average molecular weight is 431 g/mol. The smallest absolute Gasteiger partial charge is 0.353 e. The maximum absolute atomic E-state index is 13.5. The summed E-state index contributed by atoms with van der Waals surface area (Å²) in [4.78, 5) is 29.9. The number of ether oxygens (including phenoxy) is 1. The van der Waals surface area contributed by atoms with Crippen LogP contribution < -0.4 is 15.5 Å². The third-order valence-electron chi connectivity index (χ3n) is 5.58. The highest BCUT2D eigenvalue weighted by atomic mass is 16.5. The highest BCUT2D eigenvalue weighted by Gasteiger charge is 2.51. The number of carboxylic acid groups (broad SMARTS) is 1. The van der Waals surface area contributed by atoms with E-state index in [0.29, 0.717) is 16.8 Å². The van der Waals surface area contributed by atoms with Gasteiger partial charge in [-0.05, 0) is 17.7 Å². The fourth-order valence-electron chi connectivity index (χ4n) is 4.16. The van der Waals surface area contributed by atoms with Gasteiger partial charge in [-0.1, -0.05) is 36.4 Å². The number of aromatic nitrogens is 1. The number of nitrogens with zero attached hydrogens (tertiary/aromatic N) is 3. The predicted molar refractivity (Wildman–Crippen MR) is 111 cm³/mol. The van der Waals surface area contributed by atoms with Crippen LogP contribution in [0.3, 0.4) is 0 Å². The number of aliphatic carboxylic acids is 1. The highest BCUT2D eigenvalue weighted by Crippen LogP contribution is 2.38. The lowest BCUT2D eigenvalue weighted by molar-refractivity contribution is -0.136. The Bertz CT molecular complexity index is 1310. The molecule has 3 unspecified atom stereocenters. The standard InChI is InChI=1S/C22H17N5O5/c1-31-13-8-5-9-14-17(13)25-20(32-14)16-18(22(29)30)24-19-15(11-6-3-2-4-7-11)12(10-23)26-27(19)21(16)28/h2-9,12,15,19,24,26H,1H3,(H,29,30). The molecular weight excluding hydrogens is 414 g/mol. The maximum Gasteiger partial charge on any atom is 0.353 e. The van der Waals surface area contributed by atoms with E-state index in [9.17, 15) is 20.0 Å². The number of oxazole rings is 1. The van der Waals surface area contributed by atoms with Crippen LogP contribution in [-0.2, 0) is 9.59 Å². The van der Waals surface area contributed by atoms with Gasteiger partial charge in [-0.25, -0.2) is 20.2 Å². The summed E-state index contributed by atoms with van der Waals surface area (Å²) < 4.78 is 11.0. The zero-order valence-electron chi connectivity index (χ0n) is 16.8. The quantitative estimate of drug-likeness (QED) is 0.561. The van der Waals surface area contributed by atoms with Crippen LogP contribution >= 0.6 is 0 Å². The Morgan fingerprint density at radius 3 is 2.72 bits per heavy atom. The second kappa shape index (κ2) is 7.40. The second-order valence-electron chi connectivity index (χ2n) is 7.32. The Kier molecular flexibility index (Phi) is 4.53. The van der Waals surface area contributed by atoms with Crippen LogP contribution in [-0.4, -0.2) is 46.3 Å². The Morgan fingerprint density at radius 1 is 1.25 bits per heavy atom. The molecule has 160 valence electrons. The van der Waals surface area contributed by atoms with Gasteiger partial charge in [0.05, 0.1) is 19.1 Å². The molecule has 2 aliphatic heterocycles. The predicted octanol–water partition coefficient (Wildman–Crippen LogP) is 1.58. The van der Waals surface area contributed by atoms with Gasteiger partial charge in [0.2, 0.25) is 5.89 Å². The summed E-state index contributed by atoms with van der Waals surface area (Å²) in [7, 11) is 1.48. The number of hydrogen-bond acceptors (Lipinski definition) is 8. The molecule has 0 radical (unpaired) electrons. The van der Waals surface area contributed by atoms with Gasteiger partial charge < -0.3 is 19.6 Å². The third-order valence-corrected chi connectivity index (χ3v) is 5.58. The van der Waals surface area contributed by atoms with E-state index in [4.69, 9.17) is 9.15 Å². The fourth-order valence-corrected chi connectivity index (χ4v) is 4.16. The van der Waals surface area contributed by atoms with Gasteiger partial charge in [0.1, 0.15) is 29.2 Å². The van der Waals surface area contributed by atoms with Crippen molar-refractivity contribution >= 4 is 28.5 Å². The lowest BCUT2D eigenvalue weighted by Gasteiger charge is -2.33. The van der Waals surface area contributed by atoms with Crippen molar-refractivity contribution in [1.82, 2.24) is 20.7 Å². The van der Waals surface area contributed by atoms with Gasteiger partial charge in [0, 0.05) is 0 Å². The molecule has 3 heterocycles. The van der Waals surface area contributed by atoms with Crippen LogP contribution in [0.4, 0.5) is 0 Å². The normalized spacial score (nSPS) is 22.4. The SMILES string of the molecule is COc1cccc2oc(C3=C(C(=O)O)NC4C(c5ccccc5)C(C#N)NN4C3=O)nc12. The number of nitrogens with one attached hydrogen (secondary N) is 2. The van der Waals surface area contributed by atoms with E-state index < -0.39 is 30.0 Å². The molecule has 1 amide bonds. The molecule has 3 atom stereocenters. The molecule has 32 heavy (non-hydrogen) atoms. The molecule has 2 aliphatic rings. The van der Waals surface area contributed by atoms with E-state index in [0.717, 1.165) is 5.56 Å². The lowest BCUT2D eigenvalue weighted by atomic mass is 9.90. The van der Waals surface area contributed by atoms with Gasteiger partial charge in [-0.3, -0.25) is 4.79 Å². The Morgan fingerprint density at radius 2 is 2.03 bits per heavy atom. The van der Waals surface area contributed by atoms with E-state index in [1.165, 1.54) is 12.1 Å². The van der Waals surface area contributed by atoms with Crippen molar-refractivity contribution in [2.75, 3.05) is 7.11 Å². The van der Waals surface area contributed by atoms with Crippen molar-refractivity contribution in [3.8, 4) is 11.8 Å². The first-order valence-electron chi connectivity index (χ1n) is 9.75. The summed E-state index contributed by atoms with van der Waals surface area (Å²) in [5.41, 5.74) is 3.81. The Balaban J connectivity index is 1.64. The molecule has 0 saturated carbocycles. The first-order valence-corrected chi connectivity index (χ1v) is 9.75. The van der Waals surface area contributed by atoms with Gasteiger partial charge in [0.15, 0.2) is 11.1 Å². The zero-order valence-corrected chi connectivity index (χ0v) is 16.8. The van der Waals surface area contributed by atoms with Crippen LogP contribution in [0.1, 0.15) is 17.4 Å². The molecule has 5 rings (SSSR count). The fraction of sp³-hybridized carbons (Fsp3) is 0.182. The van der Waals surface area contributed by atoms with Crippen LogP contribution in [0.5, 0.6) is 5.75 Å². The van der Waals surface area contributed by atoms with Crippen LogP contribution in [0, 0.1) is 11.3 Å². The number of hydrazine groups is 1. The summed E-state index contributed by atoms with van der Waals surface area (Å²) in [5.74, 6) is -2.22. The first kappa shape index (κ1) is 19.6. The van der Waals surface area contributed by atoms with Crippen LogP contribution in [0.15, 0.2) is 58.6 Å². The molecule has 0 spiro atoms. The second-order valence-corrected chi connectivity index (χ2v) is 7.32. The minimum Gasteiger partial charge on any atom is -0.494 e. The number of carbonyl (C=O) groups is 2. The number of rotatable bonds is 4. The van der Waals surface area contributed by atoms with Gasteiger partial charge in [-0.2, -0.15) is 5.26 Å². The number of fused-ring (bicyclic) bond motifs is 2. The molecule has 1 fully saturated rings. The van der Waals surface area contributed by atoms with Gasteiger partial charge >= 0.3 is 5.97 Å². The minimum atomic E-state index is -1.34. The van der Waals surface area contributed by atoms with Crippen molar-refractivity contribution in [2.24, 2.45) is 0 Å². The van der Waals surface area contributed by atoms with E-state index in [-0.39, 0.29) is 17.2 Å². The number of benzene rings is 2. The lowest BCUT2D eigenvalue weighted by Crippen LogP contribution is -2.55. The molecule has 0 aliphatic carbocycles. The van der Waals surface area contributed by atoms with Crippen molar-refractivity contribution < 1.29 is 23.8 Å². The number of carboxylic acids is 1. The summed E-state index contributed by atoms with van der Waals surface area (Å²) in [6.07, 6.45) is -0.789. The number of nitriles is 1. The van der Waals surface area contributed by atoms with Gasteiger partial charge in [0.25, 0.3) is 5.91 Å². The molecule has 1 saturated heterocycles. The number of carbonyl (C=O) groups excluding carboxylic acids is 1. The Labute approximate surface area is 181 Å². The molecule has 3 aromatic rings. The molecule has 2 aromatic carbocycles. The zero-order chi connectivity index (χ0) is 22.4. The summed E-state index contributed by atoms with van der Waals surface area (Å²) in [6, 6.07) is 15.6. The molecule has 10 heteroatoms. The topological polar surface area (TPSA) is 141 Å². The highest BCUT2D eigenvalue weighted by molar-refractivity contribution is 6.24. The van der Waals surface area contributed by atoms with Crippen molar-refractivity contribution in [1.29, 1.82) is 5.26 Å². The van der Waals surface area contributed by atoms with Crippen molar-refractivity contribution in [3.05, 3.63) is 65.7 Å². The largest absolute Gasteiger partial charge is 0.494 e. The monoisotopic (exact) mass is 431 g/mol. The average Bonchev–Trinajstić information content (AvgIpc) is 3.40. The number of methoxy groups -OCH3 is 1. The number of amides is 1. The molecule has 1 aromatic heterocycles. The van der Waals surface area contributed by atoms with E-state index in [2.05, 4.69) is 21.8 Å². The molecule has 10 nitrogen and oxygen atoms in total. The molecule has 3 N–H and O–H groups in total. The molecule has 0 bridgehead atoms. The number of hydrogen-bond donors (Lipinski definition) is 3. The van der Waals surface area contributed by atoms with E-state index in [1.807, 2.05) is 30.3 Å². The summed E-state index contributed by atoms with van der Waals surface area (Å²) in [6.45, 7) is 0. The van der Waals surface area contributed by atoms with Crippen molar-refractivity contribution in [3.63, 3.8) is 0 Å². The summed E-state index contributed by atoms with van der Waals surface area (Å²) in [5, 5.41) is 23.7. The van der Waals surface area contributed by atoms with Crippen LogP contribution in [0.2, 0.25) is 0 Å². The third kappa shape index (κ3) is 2.87. The van der Waals surface area contributed by atoms with Gasteiger partial charge in [-0.15, -0.1) is 0 Å². The number of para-hydroxylation sites is 1. The van der Waals surface area contributed by atoms with E-state index in [1.54, 1.807) is 18.2 Å². The minimum absolute atomic E-state index is 0.156. The van der Waals surface area contributed by atoms with Crippen LogP contribution in [0.25, 0.3) is 16.7 Å². The first-order chi connectivity index (χ1) is 15.5. The van der Waals surface area contributed by atoms with E-state index >= 15 is 0 Å². The van der Waals surface area contributed by atoms with Crippen molar-refractivity contribution in [2.45, 2.75) is 18.1 Å². The maximum atomic E-state index is 13.5. The Hall–Kier alpha value is -4.36. The molecular formula is C22H17N5O5.